The molecule has 0 saturated heterocycles. The number of quaternary nitrogens is 1. The lowest BCUT2D eigenvalue weighted by atomic mass is 10.0. The first-order valence-corrected chi connectivity index (χ1v) is 39.7. The van der Waals surface area contributed by atoms with Crippen LogP contribution in [-0.4, -0.2) is 73.4 Å². The lowest BCUT2D eigenvalue weighted by molar-refractivity contribution is -0.870. The monoisotopic (exact) mass is 1220 g/mol. The van der Waals surface area contributed by atoms with Gasteiger partial charge in [0.25, 0.3) is 0 Å². The van der Waals surface area contributed by atoms with Crippen LogP contribution in [0, 0.1) is 0 Å². The van der Waals surface area contributed by atoms with Crippen LogP contribution in [0.2, 0.25) is 0 Å². The van der Waals surface area contributed by atoms with Crippen LogP contribution in [0.15, 0.2) is 24.3 Å². The van der Waals surface area contributed by atoms with Crippen molar-refractivity contribution in [2.75, 3.05) is 40.9 Å². The second-order valence-electron chi connectivity index (χ2n) is 27.7. The summed E-state index contributed by atoms with van der Waals surface area (Å²) in [7, 11) is 1.58. The first-order valence-electron chi connectivity index (χ1n) is 38.2. The maximum atomic E-state index is 13.1. The molecule has 0 rings (SSSR count). The molecule has 0 spiro atoms. The van der Waals surface area contributed by atoms with Crippen molar-refractivity contribution in [2.24, 2.45) is 0 Å². The van der Waals surface area contributed by atoms with Gasteiger partial charge in [-0.1, -0.05) is 391 Å². The number of carbonyl (C=O) groups is 1. The van der Waals surface area contributed by atoms with Crippen molar-refractivity contribution >= 4 is 13.7 Å². The summed E-state index contributed by atoms with van der Waals surface area (Å²) in [5.74, 6) is -0.177. The third kappa shape index (κ3) is 70.3. The summed E-state index contributed by atoms with van der Waals surface area (Å²) in [4.78, 5) is 23.4. The van der Waals surface area contributed by atoms with Gasteiger partial charge in [0, 0.05) is 6.42 Å². The smallest absolute Gasteiger partial charge is 0.387 e. The maximum Gasteiger partial charge on any atom is 0.472 e. The number of nitrogens with zero attached hydrogens (tertiary/aromatic N) is 1. The van der Waals surface area contributed by atoms with Crippen LogP contribution in [0.1, 0.15) is 406 Å². The van der Waals surface area contributed by atoms with E-state index < -0.39 is 20.0 Å². The molecule has 8 nitrogen and oxygen atoms in total. The molecule has 3 N–H and O–H groups in total. The molecule has 0 bridgehead atoms. The van der Waals surface area contributed by atoms with E-state index in [0.717, 1.165) is 38.5 Å². The van der Waals surface area contributed by atoms with Crippen molar-refractivity contribution < 1.29 is 32.9 Å². The van der Waals surface area contributed by atoms with Gasteiger partial charge in [-0.2, -0.15) is 0 Å². The predicted octanol–water partition coefficient (Wildman–Crippen LogP) is 24.6. The minimum atomic E-state index is -4.36. The van der Waals surface area contributed by atoms with E-state index >= 15 is 0 Å². The standard InChI is InChI=1S/C76H151N2O6P/c1-6-8-10-12-14-16-18-20-22-24-26-28-30-32-34-35-36-37-38-39-40-41-42-44-46-48-50-52-54-56-58-60-62-64-66-68-70-76(80)77-74(73-84-85(81,82)83-72-71-78(3,4)5)75(79)69-67-65-63-61-59-57-55-53-51-49-47-45-43-33-31-29-27-25-23-21-19-17-15-13-11-9-7-2/h59,61,67,69,74-75,79H,6-58,60,62-66,68,70-73H2,1-5H3,(H-,77,80,81,82)/p+1/b61-59+,69-67+. The van der Waals surface area contributed by atoms with Gasteiger partial charge in [-0.15, -0.1) is 0 Å². The van der Waals surface area contributed by atoms with Crippen LogP contribution in [-0.2, 0) is 18.4 Å². The van der Waals surface area contributed by atoms with E-state index in [1.807, 2.05) is 27.2 Å². The van der Waals surface area contributed by atoms with E-state index in [2.05, 4.69) is 31.3 Å². The molecule has 9 heteroatoms. The fourth-order valence-electron chi connectivity index (χ4n) is 12.0. The number of unbranched alkanes of at least 4 members (excludes halogenated alkanes) is 57. The third-order valence-corrected chi connectivity index (χ3v) is 18.9. The number of hydrogen-bond acceptors (Lipinski definition) is 5. The number of aliphatic hydroxyl groups is 1. The number of nitrogens with one attached hydrogen (secondary N) is 1. The molecule has 1 amide bonds. The average molecular weight is 1220 g/mol. The highest BCUT2D eigenvalue weighted by Crippen LogP contribution is 2.43. The van der Waals surface area contributed by atoms with E-state index in [1.165, 1.54) is 347 Å². The molecule has 0 aromatic rings. The van der Waals surface area contributed by atoms with Gasteiger partial charge in [-0.25, -0.2) is 4.57 Å². The largest absolute Gasteiger partial charge is 0.472 e. The topological polar surface area (TPSA) is 105 Å². The highest BCUT2D eigenvalue weighted by atomic mass is 31.2. The molecular weight excluding hydrogens is 1070 g/mol. The molecule has 3 unspecified atom stereocenters. The van der Waals surface area contributed by atoms with Gasteiger partial charge in [0.05, 0.1) is 39.9 Å². The molecule has 0 aliphatic rings. The first kappa shape index (κ1) is 84.0. The fraction of sp³-hybridized carbons (Fsp3) is 0.934. The lowest BCUT2D eigenvalue weighted by Crippen LogP contribution is -2.45. The van der Waals surface area contributed by atoms with Crippen molar-refractivity contribution in [1.29, 1.82) is 0 Å². The van der Waals surface area contributed by atoms with E-state index in [-0.39, 0.29) is 19.1 Å². The van der Waals surface area contributed by atoms with Gasteiger partial charge >= 0.3 is 7.82 Å². The number of rotatable bonds is 72. The maximum absolute atomic E-state index is 13.1. The number of phosphoric acid groups is 1. The number of hydrogen-bond donors (Lipinski definition) is 3. The molecule has 0 radical (unpaired) electrons. The normalized spacial score (nSPS) is 13.6. The minimum absolute atomic E-state index is 0.0592. The molecule has 3 atom stereocenters. The van der Waals surface area contributed by atoms with Crippen molar-refractivity contribution in [3.05, 3.63) is 24.3 Å². The van der Waals surface area contributed by atoms with Crippen molar-refractivity contribution in [2.45, 2.75) is 418 Å². The third-order valence-electron chi connectivity index (χ3n) is 17.9. The van der Waals surface area contributed by atoms with Gasteiger partial charge in [-0.3, -0.25) is 13.8 Å². The number of likely N-dealkylation sites (N-methyl/N-ethyl adjacent to an activating group) is 1. The van der Waals surface area contributed by atoms with Crippen LogP contribution in [0.3, 0.4) is 0 Å². The predicted molar refractivity (Wildman–Crippen MR) is 374 cm³/mol. The van der Waals surface area contributed by atoms with Crippen LogP contribution in [0.5, 0.6) is 0 Å². The molecule has 0 heterocycles. The van der Waals surface area contributed by atoms with Crippen LogP contribution >= 0.6 is 7.82 Å². The Morgan fingerprint density at radius 2 is 0.647 bits per heavy atom. The van der Waals surface area contributed by atoms with Crippen molar-refractivity contribution in [3.63, 3.8) is 0 Å². The van der Waals surface area contributed by atoms with Crippen LogP contribution < -0.4 is 5.32 Å². The highest BCUT2D eigenvalue weighted by Gasteiger charge is 2.28. The van der Waals surface area contributed by atoms with E-state index in [4.69, 9.17) is 9.05 Å². The zero-order valence-electron chi connectivity index (χ0n) is 58.1. The molecule has 0 aliphatic carbocycles. The Balaban J connectivity index is 3.97. The summed E-state index contributed by atoms with van der Waals surface area (Å²) >= 11 is 0. The molecule has 0 fully saturated rings. The number of carbonyl (C=O) groups excluding carboxylic acids is 1. The number of allylic oxidation sites excluding steroid dienone is 3. The molecule has 0 aromatic heterocycles. The summed E-state index contributed by atoms with van der Waals surface area (Å²) in [6, 6.07) is -0.862. The van der Waals surface area contributed by atoms with E-state index in [0.29, 0.717) is 17.4 Å². The Hall–Kier alpha value is -1.02. The minimum Gasteiger partial charge on any atom is -0.387 e. The number of aliphatic hydroxyl groups excluding tert-OH is 1. The Labute approximate surface area is 532 Å². The SMILES string of the molecule is CCCCCCCCCCCCCCCCCCCCCCC/C=C/CC/C=C/C(O)C(COP(=O)(O)OCC[N+](C)(C)C)NC(=O)CCCCCCCCCCCCCCCCCCCCCCCCCCCCCCCCCCCCCC. The summed E-state index contributed by atoms with van der Waals surface area (Å²) in [5.41, 5.74) is 0. The summed E-state index contributed by atoms with van der Waals surface area (Å²) in [6.07, 6.45) is 89.4. The van der Waals surface area contributed by atoms with Crippen molar-refractivity contribution in [3.8, 4) is 0 Å². The van der Waals surface area contributed by atoms with Gasteiger partial charge in [0.1, 0.15) is 13.2 Å². The second kappa shape index (κ2) is 67.4. The highest BCUT2D eigenvalue weighted by molar-refractivity contribution is 7.47. The van der Waals surface area contributed by atoms with Gasteiger partial charge in [0.15, 0.2) is 0 Å². The van der Waals surface area contributed by atoms with Gasteiger partial charge in [0.2, 0.25) is 5.91 Å². The van der Waals surface area contributed by atoms with Gasteiger partial charge in [-0.05, 0) is 32.1 Å². The van der Waals surface area contributed by atoms with Gasteiger partial charge < -0.3 is 19.8 Å². The number of phosphoric ester groups is 1. The zero-order valence-corrected chi connectivity index (χ0v) is 59.0. The Bertz CT molecular complexity index is 1430. The Kier molecular flexibility index (Phi) is 66.6. The second-order valence-corrected chi connectivity index (χ2v) is 29.2. The Morgan fingerprint density at radius 3 is 0.941 bits per heavy atom. The average Bonchev–Trinajstić information content (AvgIpc) is 3.49. The Morgan fingerprint density at radius 1 is 0.388 bits per heavy atom. The van der Waals surface area contributed by atoms with Crippen LogP contribution in [0.25, 0.3) is 0 Å². The summed E-state index contributed by atoms with van der Waals surface area (Å²) < 4.78 is 23.8. The molecular formula is C76H152N2O6P+. The van der Waals surface area contributed by atoms with E-state index in [1.54, 1.807) is 6.08 Å². The summed E-state index contributed by atoms with van der Waals surface area (Å²) in [6.45, 7) is 4.87. The quantitative estimate of drug-likeness (QED) is 0.0243. The van der Waals surface area contributed by atoms with Crippen molar-refractivity contribution in [1.82, 2.24) is 5.32 Å². The molecule has 0 saturated carbocycles. The first-order chi connectivity index (χ1) is 41.5. The van der Waals surface area contributed by atoms with Crippen LogP contribution in [0.4, 0.5) is 0 Å². The van der Waals surface area contributed by atoms with E-state index in [9.17, 15) is 19.4 Å². The molecule has 0 aromatic carbocycles. The molecule has 506 valence electrons. The number of amides is 1. The fourth-order valence-corrected chi connectivity index (χ4v) is 12.7. The molecule has 0 aliphatic heterocycles. The summed E-state index contributed by atoms with van der Waals surface area (Å²) in [5, 5.41) is 14.0. The zero-order chi connectivity index (χ0) is 61.9. The molecule has 85 heavy (non-hydrogen) atoms. The lowest BCUT2D eigenvalue weighted by Gasteiger charge is -2.25.